The van der Waals surface area contributed by atoms with E-state index >= 15 is 0 Å². The zero-order valence-electron chi connectivity index (χ0n) is 11.6. The summed E-state index contributed by atoms with van der Waals surface area (Å²) in [7, 11) is 1.57. The van der Waals surface area contributed by atoms with Crippen LogP contribution in [0.15, 0.2) is 24.3 Å². The predicted molar refractivity (Wildman–Crippen MR) is 72.8 cm³/mol. The zero-order chi connectivity index (χ0) is 14.4. The van der Waals surface area contributed by atoms with E-state index in [1.54, 1.807) is 31.4 Å². The molecule has 1 fully saturated rings. The Bertz CT molecular complexity index is 434. The second-order valence-electron chi connectivity index (χ2n) is 5.14. The molecular weight excluding hydrogens is 260 g/mol. The van der Waals surface area contributed by atoms with E-state index in [4.69, 9.17) is 14.7 Å². The number of carbonyl (C=O) groups is 1. The molecule has 0 atom stereocenters. The van der Waals surface area contributed by atoms with Gasteiger partial charge in [-0.15, -0.1) is 0 Å². The summed E-state index contributed by atoms with van der Waals surface area (Å²) in [6.07, 6.45) is 4.48. The van der Waals surface area contributed by atoms with E-state index in [9.17, 15) is 4.79 Å². The minimum Gasteiger partial charge on any atom is -0.497 e. The summed E-state index contributed by atoms with van der Waals surface area (Å²) in [5, 5.41) is 9.09. The number of carbonyl (C=O) groups excluding carboxylic acids is 1. The summed E-state index contributed by atoms with van der Waals surface area (Å²) >= 11 is 0. The number of hydrogen-bond donors (Lipinski definition) is 1. The van der Waals surface area contributed by atoms with Gasteiger partial charge in [0.15, 0.2) is 0 Å². The molecule has 1 aliphatic rings. The van der Waals surface area contributed by atoms with Crippen LogP contribution < -0.4 is 4.74 Å². The SMILES string of the molecule is COc1ccc(C(=O)OCC2(OO)CCCCC2)cc1. The molecule has 1 aromatic rings. The molecule has 0 aromatic heterocycles. The average molecular weight is 280 g/mol. The summed E-state index contributed by atoms with van der Waals surface area (Å²) in [5.74, 6) is 0.263. The highest BCUT2D eigenvalue weighted by Gasteiger charge is 2.35. The Hall–Kier alpha value is -1.59. The van der Waals surface area contributed by atoms with Crippen molar-refractivity contribution in [3.05, 3.63) is 29.8 Å². The van der Waals surface area contributed by atoms with Crippen molar-refractivity contribution < 1.29 is 24.4 Å². The van der Waals surface area contributed by atoms with Crippen LogP contribution in [-0.2, 0) is 9.62 Å². The third-order valence-corrected chi connectivity index (χ3v) is 3.75. The first-order valence-corrected chi connectivity index (χ1v) is 6.83. The van der Waals surface area contributed by atoms with Crippen molar-refractivity contribution in [2.45, 2.75) is 37.7 Å². The Morgan fingerprint density at radius 3 is 2.40 bits per heavy atom. The first kappa shape index (κ1) is 14.8. The van der Waals surface area contributed by atoms with Crippen molar-refractivity contribution in [1.82, 2.24) is 0 Å². The largest absolute Gasteiger partial charge is 0.497 e. The molecule has 0 radical (unpaired) electrons. The Kier molecular flexibility index (Phi) is 4.98. The van der Waals surface area contributed by atoms with Crippen molar-refractivity contribution in [2.75, 3.05) is 13.7 Å². The van der Waals surface area contributed by atoms with Gasteiger partial charge in [-0.25, -0.2) is 9.68 Å². The van der Waals surface area contributed by atoms with Crippen LogP contribution in [0.3, 0.4) is 0 Å². The summed E-state index contributed by atoms with van der Waals surface area (Å²) in [6.45, 7) is 0.0777. The summed E-state index contributed by atoms with van der Waals surface area (Å²) in [6, 6.07) is 6.70. The summed E-state index contributed by atoms with van der Waals surface area (Å²) in [5.41, 5.74) is -0.282. The van der Waals surface area contributed by atoms with Gasteiger partial charge in [0.2, 0.25) is 0 Å². The molecular formula is C15H20O5. The summed E-state index contributed by atoms with van der Waals surface area (Å²) in [4.78, 5) is 16.5. The lowest BCUT2D eigenvalue weighted by atomic mass is 9.85. The Balaban J connectivity index is 1.93. The lowest BCUT2D eigenvalue weighted by Gasteiger charge is -2.33. The quantitative estimate of drug-likeness (QED) is 0.510. The second kappa shape index (κ2) is 6.72. The number of methoxy groups -OCH3 is 1. The smallest absolute Gasteiger partial charge is 0.338 e. The molecule has 1 aromatic carbocycles. The normalized spacial score (nSPS) is 17.5. The van der Waals surface area contributed by atoms with Gasteiger partial charge in [0.25, 0.3) is 0 Å². The molecule has 0 spiro atoms. The van der Waals surface area contributed by atoms with E-state index in [2.05, 4.69) is 4.89 Å². The molecule has 1 saturated carbocycles. The molecule has 110 valence electrons. The predicted octanol–water partition coefficient (Wildman–Crippen LogP) is 3.04. The van der Waals surface area contributed by atoms with Gasteiger partial charge >= 0.3 is 5.97 Å². The van der Waals surface area contributed by atoms with E-state index in [1.807, 2.05) is 0 Å². The van der Waals surface area contributed by atoms with Crippen molar-refractivity contribution in [3.63, 3.8) is 0 Å². The average Bonchev–Trinajstić information content (AvgIpc) is 2.53. The Labute approximate surface area is 118 Å². The minimum absolute atomic E-state index is 0.0777. The maximum absolute atomic E-state index is 11.9. The highest BCUT2D eigenvalue weighted by Crippen LogP contribution is 2.31. The van der Waals surface area contributed by atoms with Crippen molar-refractivity contribution in [3.8, 4) is 5.75 Å². The van der Waals surface area contributed by atoms with E-state index < -0.39 is 11.6 Å². The molecule has 0 unspecified atom stereocenters. The molecule has 2 rings (SSSR count). The third-order valence-electron chi connectivity index (χ3n) is 3.75. The van der Waals surface area contributed by atoms with E-state index in [0.717, 1.165) is 19.3 Å². The van der Waals surface area contributed by atoms with Gasteiger partial charge < -0.3 is 9.47 Å². The lowest BCUT2D eigenvalue weighted by molar-refractivity contribution is -0.337. The lowest BCUT2D eigenvalue weighted by Crippen LogP contribution is -2.39. The van der Waals surface area contributed by atoms with Gasteiger partial charge in [-0.1, -0.05) is 19.3 Å². The molecule has 0 amide bonds. The van der Waals surface area contributed by atoms with Crippen LogP contribution in [0.2, 0.25) is 0 Å². The fourth-order valence-electron chi connectivity index (χ4n) is 2.47. The second-order valence-corrected chi connectivity index (χ2v) is 5.14. The van der Waals surface area contributed by atoms with Crippen molar-refractivity contribution in [1.29, 1.82) is 0 Å². The molecule has 1 aliphatic carbocycles. The van der Waals surface area contributed by atoms with Crippen LogP contribution in [0.4, 0.5) is 0 Å². The first-order valence-electron chi connectivity index (χ1n) is 6.83. The fraction of sp³-hybridized carbons (Fsp3) is 0.533. The van der Waals surface area contributed by atoms with Crippen molar-refractivity contribution in [2.24, 2.45) is 0 Å². The number of hydrogen-bond acceptors (Lipinski definition) is 5. The molecule has 1 N–H and O–H groups in total. The van der Waals surface area contributed by atoms with Gasteiger partial charge in [-0.2, -0.15) is 0 Å². The van der Waals surface area contributed by atoms with Gasteiger partial charge in [0, 0.05) is 0 Å². The first-order chi connectivity index (χ1) is 9.69. The fourth-order valence-corrected chi connectivity index (χ4v) is 2.47. The van der Waals surface area contributed by atoms with Crippen LogP contribution in [0.25, 0.3) is 0 Å². The Morgan fingerprint density at radius 2 is 1.85 bits per heavy atom. The van der Waals surface area contributed by atoms with Gasteiger partial charge in [-0.3, -0.25) is 5.26 Å². The highest BCUT2D eigenvalue weighted by molar-refractivity contribution is 5.89. The van der Waals surface area contributed by atoms with Crippen LogP contribution in [0.1, 0.15) is 42.5 Å². The van der Waals surface area contributed by atoms with Gasteiger partial charge in [0.1, 0.15) is 18.0 Å². The third kappa shape index (κ3) is 3.49. The molecule has 5 heteroatoms. The number of rotatable bonds is 5. The summed E-state index contributed by atoms with van der Waals surface area (Å²) < 4.78 is 10.3. The van der Waals surface area contributed by atoms with E-state index in [0.29, 0.717) is 24.2 Å². The monoisotopic (exact) mass is 280 g/mol. The molecule has 20 heavy (non-hydrogen) atoms. The maximum atomic E-state index is 11.9. The van der Waals surface area contributed by atoms with Crippen LogP contribution in [0, 0.1) is 0 Å². The standard InChI is InChI=1S/C15H20O5/c1-18-13-7-5-12(6-8-13)14(16)19-11-15(20-17)9-3-2-4-10-15/h5-8,17H,2-4,9-11H2,1H3. The van der Waals surface area contributed by atoms with Crippen LogP contribution in [0.5, 0.6) is 5.75 Å². The van der Waals surface area contributed by atoms with E-state index in [1.165, 1.54) is 0 Å². The van der Waals surface area contributed by atoms with Gasteiger partial charge in [-0.05, 0) is 37.1 Å². The maximum Gasteiger partial charge on any atom is 0.338 e. The molecule has 0 saturated heterocycles. The molecule has 0 heterocycles. The van der Waals surface area contributed by atoms with Crippen LogP contribution in [-0.4, -0.2) is 30.5 Å². The number of ether oxygens (including phenoxy) is 2. The number of benzene rings is 1. The molecule has 0 bridgehead atoms. The van der Waals surface area contributed by atoms with Crippen molar-refractivity contribution >= 4 is 5.97 Å². The van der Waals surface area contributed by atoms with Crippen LogP contribution >= 0.6 is 0 Å². The Morgan fingerprint density at radius 1 is 1.20 bits per heavy atom. The minimum atomic E-state index is -0.736. The van der Waals surface area contributed by atoms with E-state index in [-0.39, 0.29) is 6.61 Å². The topological polar surface area (TPSA) is 65.0 Å². The molecule has 5 nitrogen and oxygen atoms in total. The highest BCUT2D eigenvalue weighted by atomic mass is 17.1. The zero-order valence-corrected chi connectivity index (χ0v) is 11.6. The molecule has 0 aliphatic heterocycles. The number of esters is 1. The van der Waals surface area contributed by atoms with Gasteiger partial charge in [0.05, 0.1) is 12.7 Å².